The van der Waals surface area contributed by atoms with Gasteiger partial charge in [-0.25, -0.2) is 0 Å². The predicted molar refractivity (Wildman–Crippen MR) is 82.8 cm³/mol. The third-order valence-electron chi connectivity index (χ3n) is 4.85. The van der Waals surface area contributed by atoms with E-state index in [-0.39, 0.29) is 6.10 Å². The molecular weight excluding hydrogens is 248 g/mol. The first-order valence-electron chi connectivity index (χ1n) is 8.07. The molecule has 3 nitrogen and oxygen atoms in total. The maximum Gasteiger partial charge on any atom is 0.151 e. The highest BCUT2D eigenvalue weighted by molar-refractivity contribution is 5.83. The summed E-state index contributed by atoms with van der Waals surface area (Å²) in [6.45, 7) is 11.7. The van der Waals surface area contributed by atoms with Crippen LogP contribution in [0.4, 0.5) is 0 Å². The van der Waals surface area contributed by atoms with E-state index in [1.807, 2.05) is 0 Å². The first-order valence-corrected chi connectivity index (χ1v) is 8.07. The van der Waals surface area contributed by atoms with Crippen molar-refractivity contribution in [2.24, 2.45) is 16.5 Å². The van der Waals surface area contributed by atoms with E-state index >= 15 is 0 Å². The molecule has 3 fully saturated rings. The largest absolute Gasteiger partial charge is 0.388 e. The van der Waals surface area contributed by atoms with Crippen molar-refractivity contribution >= 4 is 5.71 Å². The van der Waals surface area contributed by atoms with Crippen molar-refractivity contribution in [1.29, 1.82) is 0 Å². The molecule has 2 unspecified atom stereocenters. The van der Waals surface area contributed by atoms with Crippen LogP contribution in [0.2, 0.25) is 0 Å². The van der Waals surface area contributed by atoms with Crippen LogP contribution in [0.3, 0.4) is 0 Å². The lowest BCUT2D eigenvalue weighted by Gasteiger charge is -2.49. The summed E-state index contributed by atoms with van der Waals surface area (Å²) in [4.78, 5) is 8.24. The zero-order valence-electron chi connectivity index (χ0n) is 13.4. The minimum atomic E-state index is 0.188. The van der Waals surface area contributed by atoms with E-state index in [2.05, 4.69) is 43.8 Å². The first kappa shape index (κ1) is 14.1. The van der Waals surface area contributed by atoms with Crippen molar-refractivity contribution in [2.75, 3.05) is 13.1 Å². The summed E-state index contributed by atoms with van der Waals surface area (Å²) >= 11 is 0. The molecule has 0 aliphatic carbocycles. The van der Waals surface area contributed by atoms with Gasteiger partial charge in [-0.1, -0.05) is 31.5 Å². The molecule has 0 aromatic heterocycles. The fourth-order valence-electron chi connectivity index (χ4n) is 3.93. The van der Waals surface area contributed by atoms with Crippen LogP contribution in [0, 0.1) is 11.3 Å². The van der Waals surface area contributed by atoms with Crippen molar-refractivity contribution in [2.45, 2.75) is 65.5 Å². The Morgan fingerprint density at radius 3 is 2.55 bits per heavy atom. The molecule has 2 atom stereocenters. The van der Waals surface area contributed by atoms with Crippen LogP contribution >= 0.6 is 0 Å². The predicted octanol–water partition coefficient (Wildman–Crippen LogP) is 3.61. The van der Waals surface area contributed by atoms with Crippen LogP contribution in [-0.4, -0.2) is 35.8 Å². The van der Waals surface area contributed by atoms with Crippen LogP contribution in [0.1, 0.15) is 53.4 Å². The zero-order chi connectivity index (χ0) is 14.3. The molecule has 112 valence electrons. The van der Waals surface area contributed by atoms with Crippen LogP contribution in [0.25, 0.3) is 0 Å². The molecule has 4 aliphatic heterocycles. The van der Waals surface area contributed by atoms with Gasteiger partial charge in [-0.2, -0.15) is 0 Å². The Kier molecular flexibility index (Phi) is 3.65. The minimum absolute atomic E-state index is 0.188. The molecule has 0 amide bonds. The lowest BCUT2D eigenvalue weighted by Crippen LogP contribution is -2.51. The molecule has 0 saturated carbocycles. The second-order valence-electron chi connectivity index (χ2n) is 7.93. The standard InChI is InChI=1S/C17H28N2O/c1-12-9-14(20-18-12)10-15-13-5-7-19(8-6-13)16(15)11-17(2,3)4/h10,13-14,16H,5-9,11H2,1-4H3/b15-10+. The van der Waals surface area contributed by atoms with Crippen molar-refractivity contribution < 1.29 is 4.84 Å². The van der Waals surface area contributed by atoms with Crippen molar-refractivity contribution in [3.05, 3.63) is 11.6 Å². The number of nitrogens with zero attached hydrogens (tertiary/aromatic N) is 2. The zero-order valence-corrected chi connectivity index (χ0v) is 13.4. The Labute approximate surface area is 123 Å². The summed E-state index contributed by atoms with van der Waals surface area (Å²) in [6, 6.07) is 0.631. The molecule has 2 bridgehead atoms. The van der Waals surface area contributed by atoms with Gasteiger partial charge in [0, 0.05) is 12.5 Å². The van der Waals surface area contributed by atoms with E-state index in [9.17, 15) is 0 Å². The number of fused-ring (bicyclic) bond motifs is 3. The Balaban J connectivity index is 1.80. The van der Waals surface area contributed by atoms with E-state index in [4.69, 9.17) is 4.84 Å². The summed E-state index contributed by atoms with van der Waals surface area (Å²) in [5.41, 5.74) is 3.15. The van der Waals surface area contributed by atoms with Gasteiger partial charge in [0.25, 0.3) is 0 Å². The van der Waals surface area contributed by atoms with Gasteiger partial charge in [0.05, 0.1) is 5.71 Å². The molecule has 4 heterocycles. The van der Waals surface area contributed by atoms with Crippen molar-refractivity contribution in [3.8, 4) is 0 Å². The molecule has 20 heavy (non-hydrogen) atoms. The Bertz CT molecular complexity index is 425. The monoisotopic (exact) mass is 276 g/mol. The van der Waals surface area contributed by atoms with Gasteiger partial charge >= 0.3 is 0 Å². The van der Waals surface area contributed by atoms with Crippen LogP contribution < -0.4 is 0 Å². The summed E-state index contributed by atoms with van der Waals surface area (Å²) < 4.78 is 0. The fourth-order valence-corrected chi connectivity index (χ4v) is 3.93. The number of piperidine rings is 3. The SMILES string of the molecule is CC1=NOC(/C=C2\C3CCN(CC3)C2CC(C)(C)C)C1. The fraction of sp³-hybridized carbons (Fsp3) is 0.824. The average molecular weight is 276 g/mol. The number of rotatable bonds is 2. The number of hydrogen-bond donors (Lipinski definition) is 0. The van der Waals surface area contributed by atoms with Crippen molar-refractivity contribution in [1.82, 2.24) is 4.90 Å². The van der Waals surface area contributed by atoms with Gasteiger partial charge in [-0.15, -0.1) is 0 Å². The topological polar surface area (TPSA) is 24.8 Å². The molecule has 0 N–H and O–H groups in total. The Hall–Kier alpha value is -0.830. The lowest BCUT2D eigenvalue weighted by atomic mass is 9.73. The summed E-state index contributed by atoms with van der Waals surface area (Å²) in [6.07, 6.45) is 7.48. The van der Waals surface area contributed by atoms with Gasteiger partial charge in [0.2, 0.25) is 0 Å². The molecular formula is C17H28N2O. The molecule has 3 heteroatoms. The third kappa shape index (κ3) is 2.93. The number of oxime groups is 1. The van der Waals surface area contributed by atoms with Gasteiger partial charge in [0.15, 0.2) is 6.10 Å². The highest BCUT2D eigenvalue weighted by atomic mass is 16.6. The van der Waals surface area contributed by atoms with Crippen LogP contribution in [0.5, 0.6) is 0 Å². The Morgan fingerprint density at radius 2 is 2.00 bits per heavy atom. The van der Waals surface area contributed by atoms with E-state index in [1.54, 1.807) is 5.57 Å². The highest BCUT2D eigenvalue weighted by Gasteiger charge is 2.39. The molecule has 0 aromatic carbocycles. The second kappa shape index (κ2) is 5.18. The normalized spacial score (nSPS) is 39.0. The smallest absolute Gasteiger partial charge is 0.151 e. The molecule has 4 aliphatic rings. The molecule has 0 spiro atoms. The minimum Gasteiger partial charge on any atom is -0.388 e. The molecule has 4 rings (SSSR count). The summed E-state index contributed by atoms with van der Waals surface area (Å²) in [5, 5.41) is 4.10. The molecule has 0 aromatic rings. The van der Waals surface area contributed by atoms with Gasteiger partial charge < -0.3 is 4.84 Å². The van der Waals surface area contributed by atoms with E-state index in [0.717, 1.165) is 18.1 Å². The second-order valence-corrected chi connectivity index (χ2v) is 7.93. The maximum atomic E-state index is 5.55. The number of hydrogen-bond acceptors (Lipinski definition) is 3. The maximum absolute atomic E-state index is 5.55. The average Bonchev–Trinajstić information content (AvgIpc) is 2.77. The van der Waals surface area contributed by atoms with Gasteiger partial charge in [-0.3, -0.25) is 4.90 Å². The van der Waals surface area contributed by atoms with Crippen LogP contribution in [-0.2, 0) is 4.84 Å². The van der Waals surface area contributed by atoms with Crippen LogP contribution in [0.15, 0.2) is 16.8 Å². The van der Waals surface area contributed by atoms with E-state index < -0.39 is 0 Å². The van der Waals surface area contributed by atoms with E-state index in [0.29, 0.717) is 11.5 Å². The molecule has 0 radical (unpaired) electrons. The lowest BCUT2D eigenvalue weighted by molar-refractivity contribution is 0.0716. The van der Waals surface area contributed by atoms with E-state index in [1.165, 1.54) is 32.4 Å². The Morgan fingerprint density at radius 1 is 1.30 bits per heavy atom. The molecule has 3 saturated heterocycles. The summed E-state index contributed by atoms with van der Waals surface area (Å²) in [7, 11) is 0. The summed E-state index contributed by atoms with van der Waals surface area (Å²) in [5.74, 6) is 0.789. The third-order valence-corrected chi connectivity index (χ3v) is 4.85. The van der Waals surface area contributed by atoms with Crippen molar-refractivity contribution in [3.63, 3.8) is 0 Å². The van der Waals surface area contributed by atoms with Gasteiger partial charge in [-0.05, 0) is 56.7 Å². The first-order chi connectivity index (χ1) is 9.42. The highest BCUT2D eigenvalue weighted by Crippen LogP contribution is 2.41. The quantitative estimate of drug-likeness (QED) is 0.720. The van der Waals surface area contributed by atoms with Gasteiger partial charge in [0.1, 0.15) is 0 Å².